The SMILES string of the molecule is CCC.CNC(C(=O)NCCCCc1ncc(C#Cc2ccc(C#Cc3cnc(C4CCCN4C(=O)CNC(=O)C4CC4)[nH]3)cc2)[nH]1)C(C)C.O=CC1CC1. The molecule has 1 aliphatic heterocycles. The van der Waals surface area contributed by atoms with Crippen molar-refractivity contribution in [2.24, 2.45) is 17.8 Å². The molecular formula is C43H58N8O4. The number of aryl methyl sites for hydroxylation is 1. The number of carbonyl (C=O) groups excluding carboxylic acids is 4. The zero-order chi connectivity index (χ0) is 39.6. The van der Waals surface area contributed by atoms with Crippen molar-refractivity contribution in [1.82, 2.24) is 40.8 Å². The van der Waals surface area contributed by atoms with Gasteiger partial charge in [0, 0.05) is 42.5 Å². The molecule has 12 heteroatoms. The van der Waals surface area contributed by atoms with E-state index < -0.39 is 0 Å². The Morgan fingerprint density at radius 1 is 0.891 bits per heavy atom. The average Bonchev–Trinajstić information content (AvgIpc) is 4.06. The molecule has 0 radical (unpaired) electrons. The van der Waals surface area contributed by atoms with Crippen LogP contribution in [0.2, 0.25) is 0 Å². The lowest BCUT2D eigenvalue weighted by atomic mass is 10.0. The Kier molecular flexibility index (Phi) is 17.2. The fraction of sp³-hybridized carbons (Fsp3) is 0.535. The van der Waals surface area contributed by atoms with Crippen molar-refractivity contribution in [2.75, 3.05) is 26.7 Å². The highest BCUT2D eigenvalue weighted by Crippen LogP contribution is 2.31. The van der Waals surface area contributed by atoms with Gasteiger partial charge in [-0.05, 0) is 100 Å². The second kappa shape index (κ2) is 22.2. The molecule has 0 spiro atoms. The summed E-state index contributed by atoms with van der Waals surface area (Å²) in [5, 5.41) is 8.84. The number of aromatic nitrogens is 4. The van der Waals surface area contributed by atoms with E-state index in [9.17, 15) is 19.2 Å². The number of carbonyl (C=O) groups is 4. The van der Waals surface area contributed by atoms with Crippen molar-refractivity contribution in [1.29, 1.82) is 0 Å². The number of likely N-dealkylation sites (tertiary alicyclic amines) is 1. The molecule has 2 aliphatic carbocycles. The summed E-state index contributed by atoms with van der Waals surface area (Å²) in [7, 11) is 1.81. The average molecular weight is 751 g/mol. The molecule has 2 unspecified atom stereocenters. The number of aromatic amines is 2. The smallest absolute Gasteiger partial charge is 0.242 e. The Morgan fingerprint density at radius 3 is 2.09 bits per heavy atom. The summed E-state index contributed by atoms with van der Waals surface area (Å²) in [6.07, 6.45) is 14.1. The lowest BCUT2D eigenvalue weighted by Crippen LogP contribution is -2.46. The number of aldehydes is 1. The molecule has 294 valence electrons. The molecule has 12 nitrogen and oxygen atoms in total. The highest BCUT2D eigenvalue weighted by molar-refractivity contribution is 5.87. The molecule has 1 aromatic carbocycles. The Bertz CT molecular complexity index is 1820. The standard InChI is InChI=1S/C36H44N8O3.C4H6O.C3H8/c1-24(2)33(37-3)36(47)38-19-5-4-8-31-39-21-28(42-31)17-13-25-9-11-26(12-10-25)14-18-29-22-40-34(43-29)30-7-6-20-44(30)32(45)23-41-35(46)27-15-16-27;5-3-4-1-2-4;1-3-2/h9-12,21-22,24,27,30,33,37H,4-8,15-16,19-20,23H2,1-3H3,(H,38,47)(H,39,42)(H,40,43)(H,41,46);3-4H,1-2H2;3H2,1-2H3. The summed E-state index contributed by atoms with van der Waals surface area (Å²) in [5.41, 5.74) is 3.15. The number of amides is 3. The van der Waals surface area contributed by atoms with E-state index >= 15 is 0 Å². The molecule has 3 heterocycles. The van der Waals surface area contributed by atoms with Crippen LogP contribution in [-0.2, 0) is 25.6 Å². The first kappa shape index (κ1) is 42.5. The van der Waals surface area contributed by atoms with Gasteiger partial charge in [0.2, 0.25) is 17.7 Å². The second-order valence-corrected chi connectivity index (χ2v) is 14.7. The highest BCUT2D eigenvalue weighted by Gasteiger charge is 2.34. The molecule has 0 bridgehead atoms. The number of hydrogen-bond donors (Lipinski definition) is 5. The van der Waals surface area contributed by atoms with Crippen LogP contribution in [-0.4, -0.2) is 81.6 Å². The van der Waals surface area contributed by atoms with E-state index in [0.29, 0.717) is 24.7 Å². The molecule has 3 amide bonds. The van der Waals surface area contributed by atoms with Crippen LogP contribution >= 0.6 is 0 Å². The van der Waals surface area contributed by atoms with Crippen LogP contribution in [0.3, 0.4) is 0 Å². The minimum atomic E-state index is -0.172. The van der Waals surface area contributed by atoms with Gasteiger partial charge in [-0.3, -0.25) is 14.4 Å². The van der Waals surface area contributed by atoms with Crippen molar-refractivity contribution < 1.29 is 19.2 Å². The number of imidazole rings is 2. The predicted octanol–water partition coefficient (Wildman–Crippen LogP) is 4.82. The monoisotopic (exact) mass is 750 g/mol. The van der Waals surface area contributed by atoms with Gasteiger partial charge < -0.3 is 35.6 Å². The maximum absolute atomic E-state index is 12.8. The highest BCUT2D eigenvalue weighted by atomic mass is 16.2. The van der Waals surface area contributed by atoms with E-state index in [1.807, 2.05) is 45.2 Å². The van der Waals surface area contributed by atoms with Crippen LogP contribution in [0.5, 0.6) is 0 Å². The first-order valence-corrected chi connectivity index (χ1v) is 19.9. The molecule has 55 heavy (non-hydrogen) atoms. The number of rotatable bonds is 13. The van der Waals surface area contributed by atoms with Crippen molar-refractivity contribution in [2.45, 2.75) is 104 Å². The normalized spacial score (nSPS) is 16.2. The van der Waals surface area contributed by atoms with Gasteiger partial charge in [0.15, 0.2) is 0 Å². The molecule has 2 aromatic heterocycles. The number of hydrogen-bond acceptors (Lipinski definition) is 7. The fourth-order valence-electron chi connectivity index (χ4n) is 5.88. The number of benzene rings is 1. The van der Waals surface area contributed by atoms with Crippen molar-refractivity contribution in [3.05, 3.63) is 70.8 Å². The lowest BCUT2D eigenvalue weighted by Gasteiger charge is -2.23. The van der Waals surface area contributed by atoms with Gasteiger partial charge >= 0.3 is 0 Å². The van der Waals surface area contributed by atoms with Gasteiger partial charge in [-0.2, -0.15) is 0 Å². The summed E-state index contributed by atoms with van der Waals surface area (Å²) in [6.45, 7) is 9.63. The van der Waals surface area contributed by atoms with E-state index in [0.717, 1.165) is 92.5 Å². The molecule has 3 aromatic rings. The van der Waals surface area contributed by atoms with E-state index in [1.54, 1.807) is 17.3 Å². The Morgan fingerprint density at radius 2 is 1.53 bits per heavy atom. The molecule has 2 atom stereocenters. The molecule has 3 fully saturated rings. The van der Waals surface area contributed by atoms with Gasteiger partial charge in [0.25, 0.3) is 0 Å². The minimum absolute atomic E-state index is 0.0240. The predicted molar refractivity (Wildman–Crippen MR) is 213 cm³/mol. The van der Waals surface area contributed by atoms with Crippen LogP contribution in [0.4, 0.5) is 0 Å². The Balaban J connectivity index is 0.000000756. The Labute approximate surface area is 326 Å². The zero-order valence-corrected chi connectivity index (χ0v) is 33.1. The minimum Gasteiger partial charge on any atom is -0.355 e. The largest absolute Gasteiger partial charge is 0.355 e. The summed E-state index contributed by atoms with van der Waals surface area (Å²) >= 11 is 0. The second-order valence-electron chi connectivity index (χ2n) is 14.7. The van der Waals surface area contributed by atoms with Gasteiger partial charge in [0.1, 0.15) is 29.3 Å². The number of nitrogens with one attached hydrogen (secondary N) is 5. The van der Waals surface area contributed by atoms with Gasteiger partial charge in [0.05, 0.1) is 31.0 Å². The van der Waals surface area contributed by atoms with Crippen LogP contribution < -0.4 is 16.0 Å². The lowest BCUT2D eigenvalue weighted by molar-refractivity contribution is -0.134. The van der Waals surface area contributed by atoms with Crippen LogP contribution in [0.1, 0.15) is 126 Å². The van der Waals surface area contributed by atoms with Crippen molar-refractivity contribution in [3.63, 3.8) is 0 Å². The maximum Gasteiger partial charge on any atom is 0.242 e. The third-order valence-corrected chi connectivity index (χ3v) is 9.26. The third-order valence-electron chi connectivity index (χ3n) is 9.26. The topological polar surface area (TPSA) is 165 Å². The first-order valence-electron chi connectivity index (χ1n) is 19.9. The van der Waals surface area contributed by atoms with E-state index in [4.69, 9.17) is 0 Å². The summed E-state index contributed by atoms with van der Waals surface area (Å²) in [4.78, 5) is 63.8. The zero-order valence-electron chi connectivity index (χ0n) is 33.1. The molecular weight excluding hydrogens is 693 g/mol. The van der Waals surface area contributed by atoms with Crippen molar-refractivity contribution in [3.8, 4) is 23.7 Å². The van der Waals surface area contributed by atoms with Crippen LogP contribution in [0.25, 0.3) is 0 Å². The van der Waals surface area contributed by atoms with Gasteiger partial charge in [-0.25, -0.2) is 9.97 Å². The van der Waals surface area contributed by atoms with Gasteiger partial charge in [-0.1, -0.05) is 46.0 Å². The fourth-order valence-corrected chi connectivity index (χ4v) is 5.88. The maximum atomic E-state index is 12.8. The van der Waals surface area contributed by atoms with Crippen LogP contribution in [0, 0.1) is 41.4 Å². The van der Waals surface area contributed by atoms with E-state index in [1.165, 1.54) is 6.42 Å². The van der Waals surface area contributed by atoms with Gasteiger partial charge in [-0.15, -0.1) is 0 Å². The third kappa shape index (κ3) is 14.5. The molecule has 1 saturated heterocycles. The molecule has 5 N–H and O–H groups in total. The number of nitrogens with zero attached hydrogens (tertiary/aromatic N) is 3. The van der Waals surface area contributed by atoms with Crippen LogP contribution in [0.15, 0.2) is 36.7 Å². The van der Waals surface area contributed by atoms with E-state index in [2.05, 4.69) is 73.4 Å². The summed E-state index contributed by atoms with van der Waals surface area (Å²) in [5.74, 6) is 14.9. The van der Waals surface area contributed by atoms with E-state index in [-0.39, 0.29) is 48.2 Å². The molecule has 6 rings (SSSR count). The summed E-state index contributed by atoms with van der Waals surface area (Å²) < 4.78 is 0. The summed E-state index contributed by atoms with van der Waals surface area (Å²) in [6, 6.07) is 7.41. The molecule has 3 aliphatic rings. The number of unbranched alkanes of at least 4 members (excludes halogenated alkanes) is 1. The van der Waals surface area contributed by atoms with Crippen molar-refractivity contribution >= 4 is 24.0 Å². The molecule has 2 saturated carbocycles. The number of likely N-dealkylation sites (N-methyl/N-ethyl adjacent to an activating group) is 1. The number of H-pyrrole nitrogens is 2. The Hall–Kier alpha value is -5.20. The first-order chi connectivity index (χ1) is 26.6. The quantitative estimate of drug-likeness (QED) is 0.0950.